The topological polar surface area (TPSA) is 70.8 Å². The fourth-order valence-corrected chi connectivity index (χ4v) is 2.31. The van der Waals surface area contributed by atoms with E-state index in [0.717, 1.165) is 9.86 Å². The molecule has 0 aliphatic heterocycles. The Morgan fingerprint density at radius 1 is 1.33 bits per heavy atom. The molecule has 0 aliphatic rings. The summed E-state index contributed by atoms with van der Waals surface area (Å²) in [5.41, 5.74) is -0.0202. The molecule has 0 saturated carbocycles. The second kappa shape index (κ2) is 5.18. The van der Waals surface area contributed by atoms with E-state index in [-0.39, 0.29) is 5.76 Å². The zero-order valence-corrected chi connectivity index (χ0v) is 13.8. The summed E-state index contributed by atoms with van der Waals surface area (Å²) in [5, 5.41) is 10.1. The second-order valence-electron chi connectivity index (χ2n) is 5.43. The van der Waals surface area contributed by atoms with Crippen molar-refractivity contribution in [1.82, 2.24) is 4.90 Å². The van der Waals surface area contributed by atoms with Gasteiger partial charge >= 0.3 is 5.97 Å². The lowest BCUT2D eigenvalue weighted by molar-refractivity contribution is -0.147. The van der Waals surface area contributed by atoms with Crippen molar-refractivity contribution >= 4 is 38.8 Å². The van der Waals surface area contributed by atoms with E-state index >= 15 is 0 Å². The molecule has 2 aromatic rings. The molecule has 6 heteroatoms. The van der Waals surface area contributed by atoms with E-state index in [1.165, 1.54) is 25.8 Å². The number of hydrogen-bond acceptors (Lipinski definition) is 3. The van der Waals surface area contributed by atoms with Crippen LogP contribution in [0.5, 0.6) is 0 Å². The Kier molecular flexibility index (Phi) is 3.84. The number of aliphatic carboxylic acids is 1. The molecule has 1 aromatic carbocycles. The number of carboxylic acids is 1. The van der Waals surface area contributed by atoms with Crippen LogP contribution in [0, 0.1) is 6.92 Å². The number of benzene rings is 1. The number of amides is 1. The van der Waals surface area contributed by atoms with Crippen molar-refractivity contribution in [2.24, 2.45) is 0 Å². The largest absolute Gasteiger partial charge is 0.480 e. The number of rotatable bonds is 3. The summed E-state index contributed by atoms with van der Waals surface area (Å²) >= 11 is 3.38. The van der Waals surface area contributed by atoms with Crippen LogP contribution in [0.4, 0.5) is 0 Å². The third-order valence-corrected chi connectivity index (χ3v) is 4.25. The van der Waals surface area contributed by atoms with Gasteiger partial charge < -0.3 is 14.4 Å². The number of furan rings is 1. The minimum absolute atomic E-state index is 0.167. The molecule has 2 rings (SSSR count). The summed E-state index contributed by atoms with van der Waals surface area (Å²) in [5.74, 6) is -1.36. The highest BCUT2D eigenvalue weighted by molar-refractivity contribution is 9.10. The van der Waals surface area contributed by atoms with Crippen LogP contribution in [0.3, 0.4) is 0 Å². The summed E-state index contributed by atoms with van der Waals surface area (Å²) in [4.78, 5) is 25.0. The van der Waals surface area contributed by atoms with Gasteiger partial charge in [0.15, 0.2) is 5.76 Å². The highest BCUT2D eigenvalue weighted by Crippen LogP contribution is 2.29. The van der Waals surface area contributed by atoms with E-state index in [4.69, 9.17) is 4.42 Å². The van der Waals surface area contributed by atoms with Gasteiger partial charge in [-0.2, -0.15) is 0 Å². The summed E-state index contributed by atoms with van der Waals surface area (Å²) in [6.07, 6.45) is 0. The quantitative estimate of drug-likeness (QED) is 0.917. The summed E-state index contributed by atoms with van der Waals surface area (Å²) in [7, 11) is 1.46. The van der Waals surface area contributed by atoms with Crippen molar-refractivity contribution in [2.75, 3.05) is 7.05 Å². The first-order valence-corrected chi connectivity index (χ1v) is 7.15. The van der Waals surface area contributed by atoms with Crippen LogP contribution in [0.15, 0.2) is 27.1 Å². The van der Waals surface area contributed by atoms with Gasteiger partial charge in [0.05, 0.1) is 0 Å². The molecule has 0 aliphatic carbocycles. The lowest BCUT2D eigenvalue weighted by Crippen LogP contribution is -2.50. The molecular weight excluding hydrogens is 338 g/mol. The first-order valence-electron chi connectivity index (χ1n) is 6.36. The molecule has 1 amide bonds. The number of carbonyl (C=O) groups is 2. The van der Waals surface area contributed by atoms with Crippen LogP contribution in [-0.2, 0) is 4.79 Å². The van der Waals surface area contributed by atoms with Gasteiger partial charge in [0.1, 0.15) is 11.1 Å². The van der Waals surface area contributed by atoms with Gasteiger partial charge in [-0.15, -0.1) is 0 Å². The van der Waals surface area contributed by atoms with Crippen molar-refractivity contribution in [3.63, 3.8) is 0 Å². The van der Waals surface area contributed by atoms with Gasteiger partial charge in [-0.25, -0.2) is 4.79 Å². The Labute approximate surface area is 130 Å². The normalized spacial score (nSPS) is 11.7. The van der Waals surface area contributed by atoms with E-state index in [1.807, 2.05) is 12.1 Å². The van der Waals surface area contributed by atoms with E-state index < -0.39 is 17.4 Å². The molecule has 0 spiro atoms. The van der Waals surface area contributed by atoms with E-state index in [1.54, 1.807) is 13.0 Å². The zero-order valence-electron chi connectivity index (χ0n) is 12.2. The van der Waals surface area contributed by atoms with Crippen LogP contribution in [0.25, 0.3) is 11.0 Å². The molecule has 0 saturated heterocycles. The minimum atomic E-state index is -1.32. The fourth-order valence-electron chi connectivity index (χ4n) is 1.95. The van der Waals surface area contributed by atoms with Crippen LogP contribution >= 0.6 is 15.9 Å². The Balaban J connectivity index is 2.49. The molecule has 1 aromatic heterocycles. The number of likely N-dealkylation sites (N-methyl/N-ethyl adjacent to an activating group) is 1. The molecule has 0 bridgehead atoms. The van der Waals surface area contributed by atoms with Gasteiger partial charge in [0.25, 0.3) is 5.91 Å². The highest BCUT2D eigenvalue weighted by Gasteiger charge is 2.37. The van der Waals surface area contributed by atoms with Crippen LogP contribution in [0.1, 0.15) is 30.0 Å². The van der Waals surface area contributed by atoms with Crippen molar-refractivity contribution in [3.8, 4) is 0 Å². The van der Waals surface area contributed by atoms with E-state index in [9.17, 15) is 14.7 Å². The number of aryl methyl sites for hydroxylation is 1. The molecule has 112 valence electrons. The van der Waals surface area contributed by atoms with Gasteiger partial charge in [-0.3, -0.25) is 4.79 Å². The molecule has 1 N–H and O–H groups in total. The lowest BCUT2D eigenvalue weighted by atomic mass is 10.0. The first-order chi connectivity index (χ1) is 9.66. The van der Waals surface area contributed by atoms with E-state index in [2.05, 4.69) is 15.9 Å². The fraction of sp³-hybridized carbons (Fsp3) is 0.333. The molecule has 21 heavy (non-hydrogen) atoms. The maximum Gasteiger partial charge on any atom is 0.329 e. The van der Waals surface area contributed by atoms with Gasteiger partial charge in [0.2, 0.25) is 0 Å². The van der Waals surface area contributed by atoms with Crippen molar-refractivity contribution < 1.29 is 19.1 Å². The van der Waals surface area contributed by atoms with Crippen LogP contribution in [0.2, 0.25) is 0 Å². The minimum Gasteiger partial charge on any atom is -0.480 e. The monoisotopic (exact) mass is 353 g/mol. The number of carbonyl (C=O) groups excluding carboxylic acids is 1. The third-order valence-electron chi connectivity index (χ3n) is 3.76. The lowest BCUT2D eigenvalue weighted by Gasteiger charge is -2.30. The summed E-state index contributed by atoms with van der Waals surface area (Å²) < 4.78 is 6.49. The molecule has 0 fully saturated rings. The summed E-state index contributed by atoms with van der Waals surface area (Å²) in [6.45, 7) is 4.73. The number of fused-ring (bicyclic) bond motifs is 1. The molecular formula is C15H16BrNO4. The zero-order chi connectivity index (χ0) is 15.9. The highest BCUT2D eigenvalue weighted by atomic mass is 79.9. The van der Waals surface area contributed by atoms with E-state index in [0.29, 0.717) is 11.1 Å². The average Bonchev–Trinajstić information content (AvgIpc) is 2.74. The van der Waals surface area contributed by atoms with Gasteiger partial charge in [0, 0.05) is 22.5 Å². The number of nitrogens with zero attached hydrogens (tertiary/aromatic N) is 1. The number of halogens is 1. The molecule has 5 nitrogen and oxygen atoms in total. The third kappa shape index (κ3) is 2.55. The number of hydrogen-bond donors (Lipinski definition) is 1. The maximum absolute atomic E-state index is 12.5. The second-order valence-corrected chi connectivity index (χ2v) is 6.34. The predicted octanol–water partition coefficient (Wildman–Crippen LogP) is 3.44. The Bertz CT molecular complexity index is 733. The molecule has 1 heterocycles. The predicted molar refractivity (Wildman–Crippen MR) is 82.5 cm³/mol. The van der Waals surface area contributed by atoms with Gasteiger partial charge in [-0.1, -0.05) is 15.9 Å². The standard InChI is InChI=1S/C15H16BrNO4/c1-8-10-7-9(16)5-6-11(10)21-12(8)13(18)17(4)15(2,3)14(19)20/h5-7H,1-4H3,(H,19,20). The van der Waals surface area contributed by atoms with Crippen LogP contribution < -0.4 is 0 Å². The average molecular weight is 354 g/mol. The molecule has 0 unspecified atom stereocenters. The molecule has 0 radical (unpaired) electrons. The SMILES string of the molecule is Cc1c(C(=O)N(C)C(C)(C)C(=O)O)oc2ccc(Br)cc12. The van der Waals surface area contributed by atoms with Crippen LogP contribution in [-0.4, -0.2) is 34.5 Å². The maximum atomic E-state index is 12.5. The summed E-state index contributed by atoms with van der Waals surface area (Å²) in [6, 6.07) is 5.46. The Morgan fingerprint density at radius 2 is 1.95 bits per heavy atom. The number of carboxylic acid groups (broad SMARTS) is 1. The Hall–Kier alpha value is -1.82. The first kappa shape index (κ1) is 15.6. The smallest absolute Gasteiger partial charge is 0.329 e. The van der Waals surface area contributed by atoms with Crippen molar-refractivity contribution in [3.05, 3.63) is 34.0 Å². The molecule has 0 atom stereocenters. The Morgan fingerprint density at radius 3 is 2.52 bits per heavy atom. The van der Waals surface area contributed by atoms with Crippen molar-refractivity contribution in [2.45, 2.75) is 26.3 Å². The van der Waals surface area contributed by atoms with Gasteiger partial charge in [-0.05, 0) is 39.0 Å². The van der Waals surface area contributed by atoms with Crippen molar-refractivity contribution in [1.29, 1.82) is 0 Å².